The highest BCUT2D eigenvalue weighted by Crippen LogP contribution is 2.16. The van der Waals surface area contributed by atoms with E-state index in [0.29, 0.717) is 0 Å². The molecule has 6 heteroatoms. The molecule has 5 nitrogen and oxygen atoms in total. The summed E-state index contributed by atoms with van der Waals surface area (Å²) in [6.45, 7) is 4.64. The lowest BCUT2D eigenvalue weighted by Gasteiger charge is -2.26. The molecule has 0 aliphatic carbocycles. The van der Waals surface area contributed by atoms with Crippen molar-refractivity contribution in [3.63, 3.8) is 0 Å². The van der Waals surface area contributed by atoms with Crippen molar-refractivity contribution in [3.05, 3.63) is 78.4 Å². The first-order valence-electron chi connectivity index (χ1n) is 9.86. The zero-order valence-corrected chi connectivity index (χ0v) is 18.2. The second-order valence-corrected chi connectivity index (χ2v) is 7.82. The third kappa shape index (κ3) is 6.32. The number of hydrogen-bond acceptors (Lipinski definition) is 3. The molecular weight excluding hydrogens is 378 g/mol. The molecule has 0 fully saturated rings. The molecule has 0 atom stereocenters. The molecular formula is C23H29N5S. The number of aryl methyl sites for hydroxylation is 2. The first kappa shape index (κ1) is 20.9. The third-order valence-corrected chi connectivity index (χ3v) is 5.18. The number of anilines is 2. The number of benzene rings is 2. The van der Waals surface area contributed by atoms with Crippen molar-refractivity contribution in [2.45, 2.75) is 26.4 Å². The Morgan fingerprint density at radius 1 is 1.07 bits per heavy atom. The summed E-state index contributed by atoms with van der Waals surface area (Å²) in [6.07, 6.45) is 6.65. The van der Waals surface area contributed by atoms with Crippen LogP contribution in [-0.2, 0) is 13.1 Å². The number of nitrogens with one attached hydrogen (secondary N) is 1. The molecule has 0 radical (unpaired) electrons. The molecule has 152 valence electrons. The van der Waals surface area contributed by atoms with Crippen molar-refractivity contribution in [1.29, 1.82) is 0 Å². The van der Waals surface area contributed by atoms with Gasteiger partial charge in [-0.1, -0.05) is 29.8 Å². The highest BCUT2D eigenvalue weighted by molar-refractivity contribution is 7.80. The molecule has 0 amide bonds. The lowest BCUT2D eigenvalue weighted by Crippen LogP contribution is -2.35. The Morgan fingerprint density at radius 2 is 1.79 bits per heavy atom. The van der Waals surface area contributed by atoms with E-state index in [0.717, 1.165) is 36.9 Å². The summed E-state index contributed by atoms with van der Waals surface area (Å²) in [5, 5.41) is 4.14. The number of hydrogen-bond donors (Lipinski definition) is 1. The molecule has 0 spiro atoms. The fourth-order valence-corrected chi connectivity index (χ4v) is 3.35. The van der Waals surface area contributed by atoms with Gasteiger partial charge in [-0.05, 0) is 55.4 Å². The van der Waals surface area contributed by atoms with E-state index in [2.05, 4.69) is 94.2 Å². The number of nitrogens with zero attached hydrogens (tertiary/aromatic N) is 4. The van der Waals surface area contributed by atoms with Crippen molar-refractivity contribution in [2.24, 2.45) is 0 Å². The predicted molar refractivity (Wildman–Crippen MR) is 125 cm³/mol. The molecule has 0 bridgehead atoms. The lowest BCUT2D eigenvalue weighted by atomic mass is 10.2. The average Bonchev–Trinajstić information content (AvgIpc) is 3.23. The van der Waals surface area contributed by atoms with Crippen molar-refractivity contribution < 1.29 is 0 Å². The van der Waals surface area contributed by atoms with Gasteiger partial charge in [0.25, 0.3) is 0 Å². The van der Waals surface area contributed by atoms with E-state index in [-0.39, 0.29) is 0 Å². The van der Waals surface area contributed by atoms with Crippen LogP contribution in [0, 0.1) is 6.92 Å². The Balaban J connectivity index is 1.67. The summed E-state index contributed by atoms with van der Waals surface area (Å²) in [7, 11) is 4.11. The van der Waals surface area contributed by atoms with E-state index in [4.69, 9.17) is 12.2 Å². The van der Waals surface area contributed by atoms with Crippen molar-refractivity contribution >= 4 is 28.7 Å². The van der Waals surface area contributed by atoms with Gasteiger partial charge in [0.15, 0.2) is 5.11 Å². The zero-order valence-electron chi connectivity index (χ0n) is 17.4. The van der Waals surface area contributed by atoms with Crippen LogP contribution in [0.15, 0.2) is 67.3 Å². The Labute approximate surface area is 179 Å². The summed E-state index contributed by atoms with van der Waals surface area (Å²) in [5.74, 6) is 0. The second-order valence-electron chi connectivity index (χ2n) is 7.43. The fourth-order valence-electron chi connectivity index (χ4n) is 3.07. The first-order valence-corrected chi connectivity index (χ1v) is 10.3. The van der Waals surface area contributed by atoms with Gasteiger partial charge < -0.3 is 19.7 Å². The summed E-state index contributed by atoms with van der Waals surface area (Å²) in [4.78, 5) is 8.46. The SMILES string of the molecule is Cc1ccc(NC(=S)N(CCCn2ccnc2)Cc2ccc(N(C)C)cc2)cc1. The summed E-state index contributed by atoms with van der Waals surface area (Å²) >= 11 is 5.76. The predicted octanol–water partition coefficient (Wildman–Crippen LogP) is 4.55. The van der Waals surface area contributed by atoms with Gasteiger partial charge in [0.2, 0.25) is 0 Å². The van der Waals surface area contributed by atoms with Crippen molar-refractivity contribution in [2.75, 3.05) is 30.9 Å². The van der Waals surface area contributed by atoms with Crippen LogP contribution in [0.3, 0.4) is 0 Å². The molecule has 1 N–H and O–H groups in total. The maximum Gasteiger partial charge on any atom is 0.173 e. The van der Waals surface area contributed by atoms with Gasteiger partial charge in [0, 0.05) is 57.5 Å². The van der Waals surface area contributed by atoms with Crippen LogP contribution in [0.25, 0.3) is 0 Å². The second kappa shape index (κ2) is 10.1. The van der Waals surface area contributed by atoms with Crippen LogP contribution < -0.4 is 10.2 Å². The minimum atomic E-state index is 0.746. The van der Waals surface area contributed by atoms with Gasteiger partial charge in [-0.15, -0.1) is 0 Å². The Bertz CT molecular complexity index is 886. The van der Waals surface area contributed by atoms with Crippen LogP contribution in [0.1, 0.15) is 17.5 Å². The highest BCUT2D eigenvalue weighted by Gasteiger charge is 2.11. The van der Waals surface area contributed by atoms with Crippen LogP contribution in [0.5, 0.6) is 0 Å². The third-order valence-electron chi connectivity index (χ3n) is 4.82. The Hall–Kier alpha value is -2.86. The van der Waals surface area contributed by atoms with E-state index in [1.807, 2.05) is 18.7 Å². The Kier molecular flexibility index (Phi) is 7.25. The Morgan fingerprint density at radius 3 is 2.41 bits per heavy atom. The first-order chi connectivity index (χ1) is 14.0. The largest absolute Gasteiger partial charge is 0.378 e. The zero-order chi connectivity index (χ0) is 20.6. The maximum atomic E-state index is 5.76. The summed E-state index contributed by atoms with van der Waals surface area (Å²) < 4.78 is 2.10. The molecule has 0 saturated heterocycles. The van der Waals surface area contributed by atoms with Crippen molar-refractivity contribution in [1.82, 2.24) is 14.5 Å². The number of aromatic nitrogens is 2. The normalized spacial score (nSPS) is 10.6. The number of imidazole rings is 1. The van der Waals surface area contributed by atoms with Crippen LogP contribution in [0.4, 0.5) is 11.4 Å². The van der Waals surface area contributed by atoms with Gasteiger partial charge in [-0.2, -0.15) is 0 Å². The fraction of sp³-hybridized carbons (Fsp3) is 0.304. The quantitative estimate of drug-likeness (QED) is 0.555. The molecule has 29 heavy (non-hydrogen) atoms. The van der Waals surface area contributed by atoms with Gasteiger partial charge in [0.05, 0.1) is 6.33 Å². The standard InChI is InChI=1S/C23H29N5S/c1-19-5-9-21(10-6-19)25-23(29)28(15-4-14-27-16-13-24-18-27)17-20-7-11-22(12-8-20)26(2)3/h5-13,16,18H,4,14-15,17H2,1-3H3,(H,25,29). The van der Waals surface area contributed by atoms with Crippen molar-refractivity contribution in [3.8, 4) is 0 Å². The maximum absolute atomic E-state index is 5.76. The molecule has 0 aliphatic rings. The molecule has 0 saturated carbocycles. The van der Waals surface area contributed by atoms with Gasteiger partial charge >= 0.3 is 0 Å². The number of rotatable bonds is 8. The van der Waals surface area contributed by atoms with E-state index >= 15 is 0 Å². The average molecular weight is 408 g/mol. The van der Waals surface area contributed by atoms with E-state index in [1.54, 1.807) is 0 Å². The molecule has 0 aliphatic heterocycles. The van der Waals surface area contributed by atoms with Gasteiger partial charge in [0.1, 0.15) is 0 Å². The van der Waals surface area contributed by atoms with E-state index < -0.39 is 0 Å². The van der Waals surface area contributed by atoms with Crippen LogP contribution >= 0.6 is 12.2 Å². The molecule has 3 rings (SSSR count). The van der Waals surface area contributed by atoms with Gasteiger partial charge in [-0.25, -0.2) is 4.98 Å². The lowest BCUT2D eigenvalue weighted by molar-refractivity contribution is 0.396. The van der Waals surface area contributed by atoms with Crippen LogP contribution in [-0.4, -0.2) is 40.2 Å². The summed E-state index contributed by atoms with van der Waals surface area (Å²) in [6, 6.07) is 17.0. The summed E-state index contributed by atoms with van der Waals surface area (Å²) in [5.41, 5.74) is 4.69. The van der Waals surface area contributed by atoms with Gasteiger partial charge in [-0.3, -0.25) is 0 Å². The highest BCUT2D eigenvalue weighted by atomic mass is 32.1. The van der Waals surface area contributed by atoms with E-state index in [9.17, 15) is 0 Å². The van der Waals surface area contributed by atoms with E-state index in [1.165, 1.54) is 16.8 Å². The topological polar surface area (TPSA) is 36.3 Å². The molecule has 0 unspecified atom stereocenters. The molecule has 1 aromatic heterocycles. The smallest absolute Gasteiger partial charge is 0.173 e. The molecule has 2 aromatic carbocycles. The monoisotopic (exact) mass is 407 g/mol. The van der Waals surface area contributed by atoms with Crippen LogP contribution in [0.2, 0.25) is 0 Å². The minimum absolute atomic E-state index is 0.746. The minimum Gasteiger partial charge on any atom is -0.378 e. The molecule has 3 aromatic rings. The number of thiocarbonyl (C=S) groups is 1. The molecule has 1 heterocycles.